The molecule has 0 aliphatic carbocycles. The highest BCUT2D eigenvalue weighted by atomic mass is 32.1. The van der Waals surface area contributed by atoms with Gasteiger partial charge in [0.1, 0.15) is 0 Å². The lowest BCUT2D eigenvalue weighted by atomic mass is 10.3. The maximum atomic E-state index is 13.9. The summed E-state index contributed by atoms with van der Waals surface area (Å²) in [5.41, 5.74) is 2.67. The smallest absolute Gasteiger partial charge is 0.168 e. The van der Waals surface area contributed by atoms with Crippen molar-refractivity contribution in [3.05, 3.63) is 33.8 Å². The van der Waals surface area contributed by atoms with Crippen molar-refractivity contribution < 1.29 is 8.78 Å². The fraction of sp³-hybridized carbons (Fsp3) is 0.429. The number of halogens is 2. The highest BCUT2D eigenvalue weighted by Gasteiger charge is 2.16. The Kier molecular flexibility index (Phi) is 5.06. The molecule has 2 rings (SSSR count). The molecular formula is C14H18F2N4S. The van der Waals surface area contributed by atoms with Crippen molar-refractivity contribution in [2.75, 3.05) is 23.8 Å². The average molecular weight is 312 g/mol. The van der Waals surface area contributed by atoms with Crippen LogP contribution >= 0.6 is 11.3 Å². The fourth-order valence-electron chi connectivity index (χ4n) is 1.86. The predicted molar refractivity (Wildman–Crippen MR) is 81.9 cm³/mol. The van der Waals surface area contributed by atoms with Crippen LogP contribution in [0.4, 0.5) is 20.4 Å². The molecule has 1 N–H and O–H groups in total. The number of nitrogens with zero attached hydrogens (tertiary/aromatic N) is 3. The molecule has 2 aromatic rings. The molecule has 0 bridgehead atoms. The first-order valence-corrected chi connectivity index (χ1v) is 7.61. The van der Waals surface area contributed by atoms with Crippen LogP contribution in [0.3, 0.4) is 0 Å². The standard InChI is InChI=1S/C14H18F2N4S/c1-4-5-17-13-10(15)6-11(16)14(19-13)20(3)7-12-9(2)18-8-21-12/h6,8H,4-5,7H2,1-3H3,(H,17,19). The number of aryl methyl sites for hydroxylation is 1. The molecule has 0 aliphatic rings. The van der Waals surface area contributed by atoms with E-state index in [0.717, 1.165) is 23.1 Å². The summed E-state index contributed by atoms with van der Waals surface area (Å²) in [6, 6.07) is 0.871. The summed E-state index contributed by atoms with van der Waals surface area (Å²) < 4.78 is 27.6. The molecule has 0 radical (unpaired) electrons. The third-order valence-corrected chi connectivity index (χ3v) is 3.96. The Balaban J connectivity index is 2.23. The lowest BCUT2D eigenvalue weighted by Crippen LogP contribution is -2.20. The van der Waals surface area contributed by atoms with E-state index in [1.807, 2.05) is 13.8 Å². The Hall–Kier alpha value is -1.76. The van der Waals surface area contributed by atoms with Crippen LogP contribution in [0.15, 0.2) is 11.6 Å². The van der Waals surface area contributed by atoms with E-state index >= 15 is 0 Å². The van der Waals surface area contributed by atoms with E-state index in [-0.39, 0.29) is 11.6 Å². The third-order valence-electron chi connectivity index (χ3n) is 3.04. The molecule has 0 spiro atoms. The van der Waals surface area contributed by atoms with Crippen molar-refractivity contribution in [2.45, 2.75) is 26.8 Å². The number of thiazole rings is 1. The normalized spacial score (nSPS) is 10.7. The van der Waals surface area contributed by atoms with Gasteiger partial charge in [-0.15, -0.1) is 11.3 Å². The number of hydrogen-bond acceptors (Lipinski definition) is 5. The Labute approximate surface area is 126 Å². The van der Waals surface area contributed by atoms with E-state index < -0.39 is 11.6 Å². The maximum Gasteiger partial charge on any atom is 0.168 e. The van der Waals surface area contributed by atoms with Gasteiger partial charge >= 0.3 is 0 Å². The molecular weight excluding hydrogens is 294 g/mol. The number of nitrogens with one attached hydrogen (secondary N) is 1. The average Bonchev–Trinajstić information content (AvgIpc) is 2.83. The van der Waals surface area contributed by atoms with Gasteiger partial charge in [0.05, 0.1) is 17.7 Å². The first-order valence-electron chi connectivity index (χ1n) is 6.73. The molecule has 2 heterocycles. The van der Waals surface area contributed by atoms with Crippen LogP contribution in [0, 0.1) is 18.6 Å². The van der Waals surface area contributed by atoms with E-state index in [0.29, 0.717) is 13.1 Å². The van der Waals surface area contributed by atoms with Crippen molar-refractivity contribution in [1.29, 1.82) is 0 Å². The van der Waals surface area contributed by atoms with Gasteiger partial charge in [-0.1, -0.05) is 6.92 Å². The van der Waals surface area contributed by atoms with Crippen molar-refractivity contribution in [2.24, 2.45) is 0 Å². The lowest BCUT2D eigenvalue weighted by Gasteiger charge is -2.19. The summed E-state index contributed by atoms with van der Waals surface area (Å²) in [7, 11) is 1.73. The topological polar surface area (TPSA) is 41.1 Å². The molecule has 0 fully saturated rings. The van der Waals surface area contributed by atoms with E-state index in [1.165, 1.54) is 11.3 Å². The van der Waals surface area contributed by atoms with Crippen LogP contribution < -0.4 is 10.2 Å². The third kappa shape index (κ3) is 3.66. The quantitative estimate of drug-likeness (QED) is 0.885. The van der Waals surface area contributed by atoms with Crippen molar-refractivity contribution in [1.82, 2.24) is 9.97 Å². The van der Waals surface area contributed by atoms with Gasteiger partial charge in [0.2, 0.25) is 0 Å². The van der Waals surface area contributed by atoms with Gasteiger partial charge in [-0.25, -0.2) is 18.7 Å². The predicted octanol–water partition coefficient (Wildman–Crippen LogP) is 3.58. The molecule has 2 aromatic heterocycles. The van der Waals surface area contributed by atoms with Crippen LogP contribution in [0.1, 0.15) is 23.9 Å². The summed E-state index contributed by atoms with van der Waals surface area (Å²) in [6.07, 6.45) is 0.837. The zero-order valence-corrected chi connectivity index (χ0v) is 13.1. The number of aromatic nitrogens is 2. The van der Waals surface area contributed by atoms with Crippen LogP contribution in [-0.2, 0) is 6.54 Å². The molecule has 0 saturated carbocycles. The first kappa shape index (κ1) is 15.6. The van der Waals surface area contributed by atoms with Crippen molar-refractivity contribution in [3.8, 4) is 0 Å². The molecule has 0 saturated heterocycles. The lowest BCUT2D eigenvalue weighted by molar-refractivity contribution is 0.572. The van der Waals surface area contributed by atoms with Gasteiger partial charge in [0, 0.05) is 24.5 Å². The van der Waals surface area contributed by atoms with E-state index in [4.69, 9.17) is 0 Å². The van der Waals surface area contributed by atoms with E-state index in [2.05, 4.69) is 15.3 Å². The Morgan fingerprint density at radius 3 is 2.71 bits per heavy atom. The Morgan fingerprint density at radius 1 is 1.33 bits per heavy atom. The maximum absolute atomic E-state index is 13.9. The number of hydrogen-bond donors (Lipinski definition) is 1. The van der Waals surface area contributed by atoms with Gasteiger partial charge in [-0.05, 0) is 13.3 Å². The van der Waals surface area contributed by atoms with E-state index in [9.17, 15) is 8.78 Å². The number of anilines is 2. The van der Waals surface area contributed by atoms with Crippen LogP contribution in [-0.4, -0.2) is 23.6 Å². The number of rotatable bonds is 6. The summed E-state index contributed by atoms with van der Waals surface area (Å²) in [6.45, 7) is 4.95. The van der Waals surface area contributed by atoms with Crippen LogP contribution in [0.25, 0.3) is 0 Å². The second kappa shape index (κ2) is 6.80. The van der Waals surface area contributed by atoms with Crippen LogP contribution in [0.2, 0.25) is 0 Å². The first-order chi connectivity index (χ1) is 10.0. The molecule has 0 aromatic carbocycles. The largest absolute Gasteiger partial charge is 0.368 e. The van der Waals surface area contributed by atoms with Crippen molar-refractivity contribution >= 4 is 23.0 Å². The summed E-state index contributed by atoms with van der Waals surface area (Å²) in [4.78, 5) is 10.9. The SMILES string of the molecule is CCCNc1nc(N(C)Cc2scnc2C)c(F)cc1F. The highest BCUT2D eigenvalue weighted by Crippen LogP contribution is 2.24. The summed E-state index contributed by atoms with van der Waals surface area (Å²) in [5.74, 6) is -1.13. The molecule has 4 nitrogen and oxygen atoms in total. The molecule has 0 aliphatic heterocycles. The Morgan fingerprint density at radius 2 is 2.10 bits per heavy atom. The summed E-state index contributed by atoms with van der Waals surface area (Å²) >= 11 is 1.51. The molecule has 7 heteroatoms. The molecule has 0 unspecified atom stereocenters. The molecule has 0 amide bonds. The monoisotopic (exact) mass is 312 g/mol. The molecule has 114 valence electrons. The van der Waals surface area contributed by atoms with Gasteiger partial charge in [-0.2, -0.15) is 0 Å². The second-order valence-corrected chi connectivity index (χ2v) is 5.71. The fourth-order valence-corrected chi connectivity index (χ4v) is 2.69. The molecule has 0 atom stereocenters. The zero-order valence-electron chi connectivity index (χ0n) is 12.3. The van der Waals surface area contributed by atoms with E-state index in [1.54, 1.807) is 17.5 Å². The minimum atomic E-state index is -0.674. The second-order valence-electron chi connectivity index (χ2n) is 4.77. The van der Waals surface area contributed by atoms with Gasteiger partial charge < -0.3 is 10.2 Å². The van der Waals surface area contributed by atoms with Crippen LogP contribution in [0.5, 0.6) is 0 Å². The Bertz CT molecular complexity index is 615. The number of pyridine rings is 1. The minimum absolute atomic E-state index is 0.0844. The summed E-state index contributed by atoms with van der Waals surface area (Å²) in [5, 5.41) is 2.87. The van der Waals surface area contributed by atoms with Crippen molar-refractivity contribution in [3.63, 3.8) is 0 Å². The minimum Gasteiger partial charge on any atom is -0.368 e. The van der Waals surface area contributed by atoms with Gasteiger partial charge in [0.15, 0.2) is 23.3 Å². The highest BCUT2D eigenvalue weighted by molar-refractivity contribution is 7.09. The van der Waals surface area contributed by atoms with Gasteiger partial charge in [-0.3, -0.25) is 0 Å². The zero-order chi connectivity index (χ0) is 15.4. The molecule has 21 heavy (non-hydrogen) atoms. The van der Waals surface area contributed by atoms with Gasteiger partial charge in [0.25, 0.3) is 0 Å².